The first-order valence-corrected chi connectivity index (χ1v) is 52.7. The number of rotatable bonds is 30. The van der Waals surface area contributed by atoms with Gasteiger partial charge in [-0.15, -0.1) is 94.1 Å². The van der Waals surface area contributed by atoms with E-state index in [0.29, 0.717) is 74.9 Å². The fourth-order valence-corrected chi connectivity index (χ4v) is 33.5. The lowest BCUT2D eigenvalue weighted by molar-refractivity contribution is -0.133. The van der Waals surface area contributed by atoms with Crippen LogP contribution in [0.15, 0.2) is 99.4 Å². The van der Waals surface area contributed by atoms with Gasteiger partial charge in [0.1, 0.15) is 36.2 Å². The number of hydrogen-bond donors (Lipinski definition) is 2. The first-order valence-electron chi connectivity index (χ1n) is 36.8. The van der Waals surface area contributed by atoms with E-state index in [1.807, 2.05) is 108 Å². The predicted octanol–water partition coefficient (Wildman–Crippen LogP) is 23.4. The van der Waals surface area contributed by atoms with Crippen molar-refractivity contribution in [3.8, 4) is 23.0 Å². The molecule has 110 heavy (non-hydrogen) atoms. The quantitative estimate of drug-likeness (QED) is 0.0422. The van der Waals surface area contributed by atoms with Crippen molar-refractivity contribution in [2.75, 3.05) is 115 Å². The molecule has 0 fully saturated rings. The van der Waals surface area contributed by atoms with E-state index in [1.165, 1.54) is 42.4 Å². The Labute approximate surface area is 724 Å². The Hall–Kier alpha value is -2.00. The first-order chi connectivity index (χ1) is 52.2. The molecule has 4 aromatic carbocycles. The Kier molecular flexibility index (Phi) is 34.8. The second-order valence-corrected chi connectivity index (χ2v) is 48.5. The summed E-state index contributed by atoms with van der Waals surface area (Å²) in [5.74, 6) is 2.77. The lowest BCUT2D eigenvalue weighted by Crippen LogP contribution is -2.34. The van der Waals surface area contributed by atoms with Gasteiger partial charge in [0.15, 0.2) is 13.2 Å². The third-order valence-electron chi connectivity index (χ3n) is 18.5. The molecule has 0 saturated carbocycles. The van der Waals surface area contributed by atoms with Crippen LogP contribution < -0.4 is 29.6 Å². The molecule has 12 nitrogen and oxygen atoms in total. The molecule has 0 saturated heterocycles. The minimum atomic E-state index is -0.341. The second-order valence-electron chi connectivity index (χ2n) is 30.4. The standard InChI is InChI=1S/C82H108N4O8S16/c1-23-85(24-2)61(89)43-93-65-51-31-47-35-55(79(5,6)7)37-49(63(47)91-29-27-83-59(87)45-101-73-71(99-21)107-77(109-73)75-103-67(95-17)68(96-18)104-75)33-53-41-58(82(14,15)16)42-54(66(53)94-44-62(90)86(25-3)26-4)34-50-38-56(80(8,9)10)36-48(32-52(65)40-57(39-51)81(11,12)13)64(50)92-30-28-84-60(88)46-102-74-72(100-22)108-78(110-74)76-105-69(97-19)70(98-20)106-76/h35-42H,23-34,43-46H2,1-22H3,(H,83,87)(H,84,88). The maximum absolute atomic E-state index is 14.4. The Morgan fingerprint density at radius 1 is 0.345 bits per heavy atom. The van der Waals surface area contributed by atoms with Gasteiger partial charge < -0.3 is 39.4 Å². The normalized spacial score (nSPS) is 15.8. The van der Waals surface area contributed by atoms with E-state index in [1.54, 1.807) is 118 Å². The van der Waals surface area contributed by atoms with E-state index in [2.05, 4.69) is 180 Å². The fourth-order valence-electron chi connectivity index (χ4n) is 12.4. The number of carbonyl (C=O) groups is 4. The van der Waals surface area contributed by atoms with Gasteiger partial charge in [-0.2, -0.15) is 0 Å². The molecule has 4 aromatic rings. The van der Waals surface area contributed by atoms with Crippen LogP contribution in [-0.4, -0.2) is 148 Å². The Morgan fingerprint density at radius 3 is 0.764 bits per heavy atom. The van der Waals surface area contributed by atoms with Gasteiger partial charge in [-0.3, -0.25) is 19.2 Å². The summed E-state index contributed by atoms with van der Waals surface area (Å²) in [7, 11) is 0. The van der Waals surface area contributed by atoms with Crippen molar-refractivity contribution < 1.29 is 38.1 Å². The Balaban J connectivity index is 1.16. The minimum Gasteiger partial charge on any atom is -0.491 e. The van der Waals surface area contributed by atoms with E-state index in [4.69, 9.17) is 18.9 Å². The number of fused-ring (bicyclic) bond motifs is 8. The van der Waals surface area contributed by atoms with Crippen molar-refractivity contribution in [2.45, 2.75) is 158 Å². The third-order valence-corrected chi connectivity index (χ3v) is 40.7. The number of hydrogen-bond acceptors (Lipinski definition) is 24. The van der Waals surface area contributed by atoms with Crippen LogP contribution in [0.3, 0.4) is 0 Å². The lowest BCUT2D eigenvalue weighted by atomic mass is 9.79. The van der Waals surface area contributed by atoms with Gasteiger partial charge in [-0.05, 0) is 154 Å². The number of benzene rings is 4. The largest absolute Gasteiger partial charge is 0.491 e. The third kappa shape index (κ3) is 24.1. The van der Waals surface area contributed by atoms with E-state index in [0.717, 1.165) is 75.2 Å². The van der Waals surface area contributed by atoms with Gasteiger partial charge in [-0.1, -0.05) is 226 Å². The average molecular weight is 1790 g/mol. The van der Waals surface area contributed by atoms with Gasteiger partial charge in [0.05, 0.1) is 75.4 Å². The molecule has 1 aliphatic carbocycles. The van der Waals surface area contributed by atoms with Crippen LogP contribution in [-0.2, 0) is 66.5 Å². The molecule has 8 bridgehead atoms. The zero-order valence-electron chi connectivity index (χ0n) is 67.6. The van der Waals surface area contributed by atoms with Crippen molar-refractivity contribution in [2.24, 2.45) is 0 Å². The molecular weight excluding hydrogens is 1680 g/mol. The lowest BCUT2D eigenvalue weighted by Gasteiger charge is -2.29. The summed E-state index contributed by atoms with van der Waals surface area (Å²) >= 11 is 28.4. The van der Waals surface area contributed by atoms with E-state index in [-0.39, 0.29) is 96.3 Å². The molecule has 600 valence electrons. The SMILES string of the molecule is CCN(CC)C(=O)COc1c2cc(C(C)(C)C)cc1Cc1cc(C(C)(C)C)cc(c1OCCNC(=O)CSC1=C(SC)SC(=C3SC(SC)=C(SC)S3)S1)Cc1cc(C(C)(C)C)cc(c1OCC(=O)N(CC)CC)Cc1cc(C(C)(C)C)cc(c1OCCNC(=O)CSC1=C(SC)SC(=C3SC(SC)=C(SC)S3)S1)C2. The molecule has 4 aliphatic heterocycles. The molecule has 28 heteroatoms. The number of carbonyl (C=O) groups excluding carboxylic acids is 4. The number of ether oxygens (including phenoxy) is 4. The van der Waals surface area contributed by atoms with Crippen molar-refractivity contribution in [3.63, 3.8) is 0 Å². The molecule has 0 spiro atoms. The van der Waals surface area contributed by atoms with Crippen LogP contribution in [0.4, 0.5) is 0 Å². The Bertz CT molecular complexity index is 3880. The highest BCUT2D eigenvalue weighted by Crippen LogP contribution is 2.67. The highest BCUT2D eigenvalue weighted by Gasteiger charge is 2.35. The molecule has 2 N–H and O–H groups in total. The van der Waals surface area contributed by atoms with Crippen LogP contribution in [0.1, 0.15) is 178 Å². The molecule has 0 atom stereocenters. The summed E-state index contributed by atoms with van der Waals surface area (Å²) in [6.45, 7) is 37.5. The number of nitrogens with zero attached hydrogens (tertiary/aromatic N) is 2. The summed E-state index contributed by atoms with van der Waals surface area (Å²) in [6.07, 6.45) is 14.2. The van der Waals surface area contributed by atoms with Crippen molar-refractivity contribution in [1.82, 2.24) is 20.4 Å². The molecule has 4 amide bonds. The topological polar surface area (TPSA) is 136 Å². The van der Waals surface area contributed by atoms with E-state index >= 15 is 0 Å². The van der Waals surface area contributed by atoms with Crippen LogP contribution >= 0.6 is 188 Å². The molecule has 9 rings (SSSR count). The summed E-state index contributed by atoms with van der Waals surface area (Å²) in [5, 5.41) is 6.48. The van der Waals surface area contributed by atoms with Gasteiger partial charge in [-0.25, -0.2) is 0 Å². The molecule has 0 radical (unpaired) electrons. The van der Waals surface area contributed by atoms with Crippen LogP contribution in [0.25, 0.3) is 0 Å². The van der Waals surface area contributed by atoms with Gasteiger partial charge in [0.2, 0.25) is 11.8 Å². The van der Waals surface area contributed by atoms with Gasteiger partial charge in [0, 0.05) is 51.9 Å². The molecule has 0 aromatic heterocycles. The summed E-state index contributed by atoms with van der Waals surface area (Å²) < 4.78 is 44.2. The molecule has 0 unspecified atom stereocenters. The smallest absolute Gasteiger partial charge is 0.260 e. The first kappa shape index (κ1) is 91.9. The molecule has 4 heterocycles. The zero-order valence-corrected chi connectivity index (χ0v) is 80.7. The number of amides is 4. The van der Waals surface area contributed by atoms with Crippen molar-refractivity contribution >= 4 is 212 Å². The van der Waals surface area contributed by atoms with Crippen LogP contribution in [0.5, 0.6) is 23.0 Å². The molecule has 5 aliphatic rings. The minimum absolute atomic E-state index is 0.0766. The maximum Gasteiger partial charge on any atom is 0.260 e. The fraction of sp³-hybridized carbons (Fsp3) is 0.512. The second kappa shape index (κ2) is 41.6. The summed E-state index contributed by atoms with van der Waals surface area (Å²) in [5.41, 5.74) is 10.3. The monoisotopic (exact) mass is 1790 g/mol. The Morgan fingerprint density at radius 2 is 0.555 bits per heavy atom. The van der Waals surface area contributed by atoms with Gasteiger partial charge >= 0.3 is 0 Å². The predicted molar refractivity (Wildman–Crippen MR) is 505 cm³/mol. The average Bonchev–Trinajstić information content (AvgIpc) is 0.989. The number of nitrogens with one attached hydrogen (secondary N) is 2. The number of likely N-dealkylation sites (N-methyl/N-ethyl adjacent to an activating group) is 2. The summed E-state index contributed by atoms with van der Waals surface area (Å²) in [4.78, 5) is 60.7. The van der Waals surface area contributed by atoms with Crippen LogP contribution in [0.2, 0.25) is 0 Å². The van der Waals surface area contributed by atoms with Gasteiger partial charge in [0.25, 0.3) is 11.8 Å². The van der Waals surface area contributed by atoms with Crippen molar-refractivity contribution in [1.29, 1.82) is 0 Å². The van der Waals surface area contributed by atoms with Crippen molar-refractivity contribution in [3.05, 3.63) is 166 Å². The number of thioether (sulfide) groups is 16. The zero-order chi connectivity index (χ0) is 80.2. The highest BCUT2D eigenvalue weighted by molar-refractivity contribution is 8.46. The van der Waals surface area contributed by atoms with Crippen LogP contribution in [0, 0.1) is 0 Å². The summed E-state index contributed by atoms with van der Waals surface area (Å²) in [6, 6.07) is 18.2. The molecular formula is C82H108N4O8S16. The van der Waals surface area contributed by atoms with E-state index < -0.39 is 0 Å². The maximum atomic E-state index is 14.4. The van der Waals surface area contributed by atoms with E-state index in [9.17, 15) is 19.2 Å². The highest BCUT2D eigenvalue weighted by atomic mass is 32.3.